The van der Waals surface area contributed by atoms with Crippen molar-refractivity contribution in [2.75, 3.05) is 5.32 Å². The Morgan fingerprint density at radius 2 is 2.29 bits per heavy atom. The van der Waals surface area contributed by atoms with Crippen molar-refractivity contribution in [3.05, 3.63) is 29.8 Å². The van der Waals surface area contributed by atoms with Crippen LogP contribution in [0.25, 0.3) is 0 Å². The van der Waals surface area contributed by atoms with Crippen LogP contribution in [-0.2, 0) is 11.3 Å². The maximum atomic E-state index is 11.5. The number of hydrogen-bond donors (Lipinski definition) is 2. The smallest absolute Gasteiger partial charge is 0.356 e. The molecule has 1 amide bonds. The monoisotopic (exact) mass is 252 g/mol. The largest absolute Gasteiger partial charge is 0.476 e. The van der Waals surface area contributed by atoms with E-state index in [0.29, 0.717) is 5.13 Å². The molecule has 7 nitrogen and oxygen atoms in total. The molecule has 2 aromatic heterocycles. The second kappa shape index (κ2) is 4.74. The molecule has 0 radical (unpaired) electrons. The van der Waals surface area contributed by atoms with Gasteiger partial charge in [0.25, 0.3) is 0 Å². The summed E-state index contributed by atoms with van der Waals surface area (Å²) in [7, 11) is 0. The van der Waals surface area contributed by atoms with Crippen LogP contribution in [0.5, 0.6) is 0 Å². The summed E-state index contributed by atoms with van der Waals surface area (Å²) in [6, 6.07) is 0. The van der Waals surface area contributed by atoms with Gasteiger partial charge in [0, 0.05) is 17.8 Å². The summed E-state index contributed by atoms with van der Waals surface area (Å²) in [6.07, 6.45) is 4.18. The second-order valence-corrected chi connectivity index (χ2v) is 4.02. The van der Waals surface area contributed by atoms with E-state index in [2.05, 4.69) is 15.3 Å². The number of amides is 1. The molecule has 17 heavy (non-hydrogen) atoms. The molecule has 2 aromatic rings. The Morgan fingerprint density at radius 1 is 1.47 bits per heavy atom. The van der Waals surface area contributed by atoms with Crippen LogP contribution in [0.3, 0.4) is 0 Å². The van der Waals surface area contributed by atoms with E-state index in [0.717, 1.165) is 0 Å². The van der Waals surface area contributed by atoms with E-state index in [-0.39, 0.29) is 18.1 Å². The normalized spacial score (nSPS) is 10.1. The van der Waals surface area contributed by atoms with Gasteiger partial charge in [-0.25, -0.2) is 14.8 Å². The highest BCUT2D eigenvalue weighted by Gasteiger charge is 2.09. The van der Waals surface area contributed by atoms with Crippen molar-refractivity contribution in [1.29, 1.82) is 0 Å². The average molecular weight is 252 g/mol. The van der Waals surface area contributed by atoms with Gasteiger partial charge < -0.3 is 15.0 Å². The number of thiazole rings is 1. The molecule has 0 fully saturated rings. The van der Waals surface area contributed by atoms with Gasteiger partial charge >= 0.3 is 5.97 Å². The first-order valence-electron chi connectivity index (χ1n) is 4.59. The van der Waals surface area contributed by atoms with E-state index in [9.17, 15) is 9.59 Å². The molecule has 0 aliphatic carbocycles. The number of rotatable bonds is 4. The Bertz CT molecular complexity index is 534. The number of anilines is 1. The van der Waals surface area contributed by atoms with E-state index < -0.39 is 5.97 Å². The highest BCUT2D eigenvalue weighted by Crippen LogP contribution is 2.10. The first kappa shape index (κ1) is 11.3. The van der Waals surface area contributed by atoms with Gasteiger partial charge in [-0.05, 0) is 0 Å². The summed E-state index contributed by atoms with van der Waals surface area (Å²) in [5, 5.41) is 13.5. The van der Waals surface area contributed by atoms with Crippen LogP contribution in [0.4, 0.5) is 5.13 Å². The molecule has 0 saturated heterocycles. The Morgan fingerprint density at radius 3 is 2.88 bits per heavy atom. The first-order valence-corrected chi connectivity index (χ1v) is 5.47. The number of aromatic carboxylic acids is 1. The van der Waals surface area contributed by atoms with Gasteiger partial charge in [-0.15, -0.1) is 11.3 Å². The van der Waals surface area contributed by atoms with Gasteiger partial charge in [-0.2, -0.15) is 0 Å². The molecular formula is C9H8N4O3S. The number of carbonyl (C=O) groups excluding carboxylic acids is 1. The predicted octanol–water partition coefficient (Wildman–Crippen LogP) is 0.676. The number of nitrogens with one attached hydrogen (secondary N) is 1. The molecule has 88 valence electrons. The quantitative estimate of drug-likeness (QED) is 0.833. The second-order valence-electron chi connectivity index (χ2n) is 3.12. The topological polar surface area (TPSA) is 97.1 Å². The predicted molar refractivity (Wildman–Crippen MR) is 59.9 cm³/mol. The molecule has 0 saturated carbocycles. The number of hydrogen-bond acceptors (Lipinski definition) is 5. The molecule has 0 spiro atoms. The standard InChI is InChI=1S/C9H8N4O3S/c14-7(12-9-10-1-2-17-9)4-13-3-6(8(15)16)11-5-13/h1-3,5H,4H2,(H,15,16)(H,10,12,14). The molecule has 2 N–H and O–H groups in total. The van der Waals surface area contributed by atoms with E-state index in [4.69, 9.17) is 5.11 Å². The Kier molecular flexibility index (Phi) is 3.15. The minimum Gasteiger partial charge on any atom is -0.476 e. The summed E-state index contributed by atoms with van der Waals surface area (Å²) < 4.78 is 1.40. The molecule has 2 rings (SSSR count). The number of carboxylic acids is 1. The van der Waals surface area contributed by atoms with E-state index in [1.165, 1.54) is 28.4 Å². The van der Waals surface area contributed by atoms with Crippen LogP contribution in [0, 0.1) is 0 Å². The maximum Gasteiger partial charge on any atom is 0.356 e. The van der Waals surface area contributed by atoms with Crippen molar-refractivity contribution in [3.63, 3.8) is 0 Å². The number of nitrogens with zero attached hydrogens (tertiary/aromatic N) is 3. The number of carbonyl (C=O) groups is 2. The van der Waals surface area contributed by atoms with Gasteiger partial charge in [0.15, 0.2) is 10.8 Å². The van der Waals surface area contributed by atoms with Crippen molar-refractivity contribution < 1.29 is 14.7 Å². The fourth-order valence-electron chi connectivity index (χ4n) is 1.17. The van der Waals surface area contributed by atoms with Crippen molar-refractivity contribution in [1.82, 2.24) is 14.5 Å². The first-order chi connectivity index (χ1) is 8.15. The number of imidazole rings is 1. The Hall–Kier alpha value is -2.22. The lowest BCUT2D eigenvalue weighted by Gasteiger charge is -2.01. The molecular weight excluding hydrogens is 244 g/mol. The molecule has 0 bridgehead atoms. The molecule has 0 aliphatic heterocycles. The van der Waals surface area contributed by atoms with E-state index >= 15 is 0 Å². The Balaban J connectivity index is 1.96. The molecule has 0 aromatic carbocycles. The van der Waals surface area contributed by atoms with Crippen LogP contribution in [0.1, 0.15) is 10.5 Å². The zero-order valence-electron chi connectivity index (χ0n) is 8.53. The van der Waals surface area contributed by atoms with Crippen molar-refractivity contribution in [2.24, 2.45) is 0 Å². The minimum atomic E-state index is -1.12. The van der Waals surface area contributed by atoms with Crippen LogP contribution in [0.2, 0.25) is 0 Å². The molecule has 0 aliphatic rings. The third-order valence-corrected chi connectivity index (χ3v) is 2.55. The van der Waals surface area contributed by atoms with E-state index in [1.807, 2.05) is 0 Å². The summed E-state index contributed by atoms with van der Waals surface area (Å²) >= 11 is 1.31. The van der Waals surface area contributed by atoms with Crippen molar-refractivity contribution in [3.8, 4) is 0 Å². The van der Waals surface area contributed by atoms with Crippen LogP contribution in [-0.4, -0.2) is 31.5 Å². The van der Waals surface area contributed by atoms with E-state index in [1.54, 1.807) is 11.6 Å². The highest BCUT2D eigenvalue weighted by atomic mass is 32.1. The van der Waals surface area contributed by atoms with Crippen LogP contribution in [0.15, 0.2) is 24.1 Å². The molecule has 0 atom stereocenters. The summed E-state index contributed by atoms with van der Waals surface area (Å²) in [4.78, 5) is 29.6. The lowest BCUT2D eigenvalue weighted by atomic mass is 10.5. The highest BCUT2D eigenvalue weighted by molar-refractivity contribution is 7.13. The summed E-state index contributed by atoms with van der Waals surface area (Å²) in [5.74, 6) is -1.40. The summed E-state index contributed by atoms with van der Waals surface area (Å²) in [6.45, 7) is -0.000139. The third-order valence-electron chi connectivity index (χ3n) is 1.86. The summed E-state index contributed by atoms with van der Waals surface area (Å²) in [5.41, 5.74) is -0.0907. The fourth-order valence-corrected chi connectivity index (χ4v) is 1.71. The van der Waals surface area contributed by atoms with Crippen molar-refractivity contribution in [2.45, 2.75) is 6.54 Å². The van der Waals surface area contributed by atoms with Crippen LogP contribution < -0.4 is 5.32 Å². The van der Waals surface area contributed by atoms with Gasteiger partial charge in [0.05, 0.1) is 6.33 Å². The maximum absolute atomic E-state index is 11.5. The fraction of sp³-hybridized carbons (Fsp3) is 0.111. The van der Waals surface area contributed by atoms with Gasteiger partial charge in [-0.3, -0.25) is 4.79 Å². The van der Waals surface area contributed by atoms with Gasteiger partial charge in [0.1, 0.15) is 6.54 Å². The molecule has 8 heteroatoms. The van der Waals surface area contributed by atoms with Gasteiger partial charge in [0.2, 0.25) is 5.91 Å². The average Bonchev–Trinajstić information content (AvgIpc) is 2.88. The van der Waals surface area contributed by atoms with Crippen LogP contribution >= 0.6 is 11.3 Å². The van der Waals surface area contributed by atoms with Gasteiger partial charge in [-0.1, -0.05) is 0 Å². The minimum absolute atomic E-state index is 0.000139. The lowest BCUT2D eigenvalue weighted by Crippen LogP contribution is -2.17. The number of aromatic nitrogens is 3. The lowest BCUT2D eigenvalue weighted by molar-refractivity contribution is -0.116. The Labute approximate surface area is 99.7 Å². The SMILES string of the molecule is O=C(Cn1cnc(C(=O)O)c1)Nc1nccs1. The number of carboxylic acid groups (broad SMARTS) is 1. The van der Waals surface area contributed by atoms with Crippen molar-refractivity contribution >= 4 is 28.3 Å². The zero-order chi connectivity index (χ0) is 12.3. The third kappa shape index (κ3) is 2.88. The zero-order valence-corrected chi connectivity index (χ0v) is 9.35. The molecule has 0 unspecified atom stereocenters. The molecule has 2 heterocycles.